The molecule has 4 nitrogen and oxygen atoms in total. The van der Waals surface area contributed by atoms with Crippen molar-refractivity contribution in [2.45, 2.75) is 51.6 Å². The summed E-state index contributed by atoms with van der Waals surface area (Å²) in [6.07, 6.45) is 7.64. The third-order valence-electron chi connectivity index (χ3n) is 5.43. The second kappa shape index (κ2) is 8.72. The molecule has 1 atom stereocenters. The largest absolute Gasteiger partial charge is 0.397 e. The minimum atomic E-state index is 0.437. The smallest absolute Gasteiger partial charge is 0.0700 e. The van der Waals surface area contributed by atoms with E-state index in [1.165, 1.54) is 36.9 Å². The number of nitrogens with one attached hydrogen (secondary N) is 1. The number of nitrogens with zero attached hydrogens (tertiary/aromatic N) is 1. The summed E-state index contributed by atoms with van der Waals surface area (Å²) in [6.45, 7) is 7.60. The first-order valence-electron chi connectivity index (χ1n) is 9.68. The Balaban J connectivity index is 1.41. The van der Waals surface area contributed by atoms with E-state index in [9.17, 15) is 0 Å². The maximum atomic E-state index is 6.33. The van der Waals surface area contributed by atoms with Gasteiger partial charge in [0.25, 0.3) is 0 Å². The molecule has 3 N–H and O–H groups in total. The van der Waals surface area contributed by atoms with E-state index >= 15 is 0 Å². The van der Waals surface area contributed by atoms with Crippen LogP contribution in [0.15, 0.2) is 18.2 Å². The van der Waals surface area contributed by atoms with Crippen LogP contribution in [0.3, 0.4) is 0 Å². The van der Waals surface area contributed by atoms with Gasteiger partial charge >= 0.3 is 0 Å². The van der Waals surface area contributed by atoms with Crippen LogP contribution >= 0.6 is 0 Å². The zero-order valence-corrected chi connectivity index (χ0v) is 15.1. The topological polar surface area (TPSA) is 50.5 Å². The molecule has 2 saturated heterocycles. The van der Waals surface area contributed by atoms with Gasteiger partial charge in [0, 0.05) is 26.2 Å². The standard InChI is InChI=1S/C20H33N3O/c1-16-8-11-23(12-9-16)20-7-6-17(14-19(20)21)4-2-10-22-15-18-5-3-13-24-18/h6-7,14,16,18,22H,2-5,8-13,15,21H2,1H3. The van der Waals surface area contributed by atoms with Crippen molar-refractivity contribution in [2.24, 2.45) is 5.92 Å². The summed E-state index contributed by atoms with van der Waals surface area (Å²) in [4.78, 5) is 2.45. The maximum Gasteiger partial charge on any atom is 0.0700 e. The molecule has 0 spiro atoms. The molecule has 1 unspecified atom stereocenters. The van der Waals surface area contributed by atoms with E-state index in [4.69, 9.17) is 10.5 Å². The number of benzene rings is 1. The van der Waals surface area contributed by atoms with Crippen LogP contribution in [-0.2, 0) is 11.2 Å². The van der Waals surface area contributed by atoms with Crippen LogP contribution in [0.5, 0.6) is 0 Å². The summed E-state index contributed by atoms with van der Waals surface area (Å²) in [5.74, 6) is 0.851. The number of piperidine rings is 1. The van der Waals surface area contributed by atoms with Crippen LogP contribution in [0, 0.1) is 5.92 Å². The molecule has 0 saturated carbocycles. The number of nitrogens with two attached hydrogens (primary N) is 1. The van der Waals surface area contributed by atoms with E-state index in [0.717, 1.165) is 57.2 Å². The first kappa shape index (κ1) is 17.6. The van der Waals surface area contributed by atoms with E-state index in [1.54, 1.807) is 0 Å². The molecule has 134 valence electrons. The van der Waals surface area contributed by atoms with Crippen LogP contribution in [-0.4, -0.2) is 38.9 Å². The lowest BCUT2D eigenvalue weighted by atomic mass is 9.98. The molecular formula is C20H33N3O. The zero-order valence-electron chi connectivity index (χ0n) is 15.1. The van der Waals surface area contributed by atoms with Crippen molar-refractivity contribution in [1.29, 1.82) is 0 Å². The van der Waals surface area contributed by atoms with Crippen molar-refractivity contribution in [3.05, 3.63) is 23.8 Å². The van der Waals surface area contributed by atoms with Gasteiger partial charge in [-0.2, -0.15) is 0 Å². The number of hydrogen-bond acceptors (Lipinski definition) is 4. The number of nitrogen functional groups attached to an aromatic ring is 1. The third-order valence-corrected chi connectivity index (χ3v) is 5.43. The van der Waals surface area contributed by atoms with Crippen molar-refractivity contribution in [3.63, 3.8) is 0 Å². The molecule has 2 aliphatic rings. The van der Waals surface area contributed by atoms with Gasteiger partial charge < -0.3 is 20.7 Å². The third kappa shape index (κ3) is 4.87. The predicted molar refractivity (Wildman–Crippen MR) is 102 cm³/mol. The number of aryl methyl sites for hydroxylation is 1. The average Bonchev–Trinajstić information content (AvgIpc) is 3.09. The molecule has 4 heteroatoms. The van der Waals surface area contributed by atoms with Crippen molar-refractivity contribution in [3.8, 4) is 0 Å². The first-order valence-corrected chi connectivity index (χ1v) is 9.68. The normalized spacial score (nSPS) is 22.2. The molecule has 0 aromatic heterocycles. The van der Waals surface area contributed by atoms with Gasteiger partial charge in [0.1, 0.15) is 0 Å². The molecule has 0 bridgehead atoms. The monoisotopic (exact) mass is 331 g/mol. The fourth-order valence-corrected chi connectivity index (χ4v) is 3.78. The fourth-order valence-electron chi connectivity index (χ4n) is 3.78. The van der Waals surface area contributed by atoms with Crippen molar-refractivity contribution >= 4 is 11.4 Å². The number of hydrogen-bond donors (Lipinski definition) is 2. The Morgan fingerprint density at radius 3 is 2.79 bits per heavy atom. The summed E-state index contributed by atoms with van der Waals surface area (Å²) in [6, 6.07) is 6.65. The van der Waals surface area contributed by atoms with Gasteiger partial charge in [-0.1, -0.05) is 13.0 Å². The van der Waals surface area contributed by atoms with Gasteiger partial charge in [-0.3, -0.25) is 0 Å². The number of ether oxygens (including phenoxy) is 1. The quantitative estimate of drug-likeness (QED) is 0.595. The van der Waals surface area contributed by atoms with Crippen LogP contribution in [0.2, 0.25) is 0 Å². The van der Waals surface area contributed by atoms with Gasteiger partial charge in [-0.25, -0.2) is 0 Å². The van der Waals surface area contributed by atoms with Crippen LogP contribution < -0.4 is 16.0 Å². The van der Waals surface area contributed by atoms with E-state index in [1.807, 2.05) is 0 Å². The summed E-state index contributed by atoms with van der Waals surface area (Å²) in [5, 5.41) is 3.51. The second-order valence-corrected chi connectivity index (χ2v) is 7.51. The Hall–Kier alpha value is -1.26. The highest BCUT2D eigenvalue weighted by Gasteiger charge is 2.18. The fraction of sp³-hybridized carbons (Fsp3) is 0.700. The summed E-state index contributed by atoms with van der Waals surface area (Å²) >= 11 is 0. The molecule has 24 heavy (non-hydrogen) atoms. The minimum absolute atomic E-state index is 0.437. The first-order chi connectivity index (χ1) is 11.7. The zero-order chi connectivity index (χ0) is 16.8. The molecule has 2 heterocycles. The van der Waals surface area contributed by atoms with Gasteiger partial charge in [0.05, 0.1) is 17.5 Å². The van der Waals surface area contributed by atoms with Crippen LogP contribution in [0.1, 0.15) is 44.6 Å². The average molecular weight is 332 g/mol. The molecule has 0 radical (unpaired) electrons. The highest BCUT2D eigenvalue weighted by molar-refractivity contribution is 5.68. The summed E-state index contributed by atoms with van der Waals surface area (Å²) in [5.41, 5.74) is 9.84. The van der Waals surface area contributed by atoms with Crippen molar-refractivity contribution in [1.82, 2.24) is 5.32 Å². The van der Waals surface area contributed by atoms with E-state index < -0.39 is 0 Å². The SMILES string of the molecule is CC1CCN(c2ccc(CCCNCC3CCCO3)cc2N)CC1. The van der Waals surface area contributed by atoms with Crippen molar-refractivity contribution < 1.29 is 4.74 Å². The molecule has 3 rings (SSSR count). The van der Waals surface area contributed by atoms with E-state index in [2.05, 4.69) is 35.3 Å². The molecule has 1 aromatic carbocycles. The van der Waals surface area contributed by atoms with Crippen LogP contribution in [0.25, 0.3) is 0 Å². The Morgan fingerprint density at radius 2 is 2.08 bits per heavy atom. The minimum Gasteiger partial charge on any atom is -0.397 e. The summed E-state index contributed by atoms with van der Waals surface area (Å²) < 4.78 is 5.63. The molecule has 0 amide bonds. The summed E-state index contributed by atoms with van der Waals surface area (Å²) in [7, 11) is 0. The Kier molecular flexibility index (Phi) is 6.38. The molecule has 2 aliphatic heterocycles. The maximum absolute atomic E-state index is 6.33. The molecular weight excluding hydrogens is 298 g/mol. The number of rotatable bonds is 7. The lowest BCUT2D eigenvalue weighted by Crippen LogP contribution is -2.33. The van der Waals surface area contributed by atoms with Gasteiger partial charge in [-0.15, -0.1) is 0 Å². The van der Waals surface area contributed by atoms with Gasteiger partial charge in [-0.05, 0) is 68.7 Å². The Labute approximate surface area is 146 Å². The van der Waals surface area contributed by atoms with E-state index in [0.29, 0.717) is 6.10 Å². The molecule has 1 aromatic rings. The van der Waals surface area contributed by atoms with Gasteiger partial charge in [0.2, 0.25) is 0 Å². The van der Waals surface area contributed by atoms with E-state index in [-0.39, 0.29) is 0 Å². The van der Waals surface area contributed by atoms with Crippen molar-refractivity contribution in [2.75, 3.05) is 43.4 Å². The highest BCUT2D eigenvalue weighted by atomic mass is 16.5. The molecule has 0 aliphatic carbocycles. The molecule has 2 fully saturated rings. The number of anilines is 2. The Bertz CT molecular complexity index is 506. The lowest BCUT2D eigenvalue weighted by Gasteiger charge is -2.33. The van der Waals surface area contributed by atoms with Gasteiger partial charge in [0.15, 0.2) is 0 Å². The Morgan fingerprint density at radius 1 is 1.25 bits per heavy atom. The highest BCUT2D eigenvalue weighted by Crippen LogP contribution is 2.29. The van der Waals surface area contributed by atoms with Crippen LogP contribution in [0.4, 0.5) is 11.4 Å². The lowest BCUT2D eigenvalue weighted by molar-refractivity contribution is 0.110. The second-order valence-electron chi connectivity index (χ2n) is 7.51. The predicted octanol–water partition coefficient (Wildman–Crippen LogP) is 3.21.